The van der Waals surface area contributed by atoms with Gasteiger partial charge in [0.1, 0.15) is 11.3 Å². The highest BCUT2D eigenvalue weighted by molar-refractivity contribution is 7.13. The molecule has 1 aliphatic rings. The first-order valence-corrected chi connectivity index (χ1v) is 10.4. The lowest BCUT2D eigenvalue weighted by molar-refractivity contribution is 0.0935. The van der Waals surface area contributed by atoms with Gasteiger partial charge < -0.3 is 15.0 Å². The molecule has 28 heavy (non-hydrogen) atoms. The fraction of sp³-hybridized carbons (Fsp3) is 0.364. The molecular formula is C22H25N3O2S. The molecule has 0 radical (unpaired) electrons. The van der Waals surface area contributed by atoms with Crippen LogP contribution < -0.4 is 15.0 Å². The highest BCUT2D eigenvalue weighted by Gasteiger charge is 2.24. The number of rotatable bonds is 4. The van der Waals surface area contributed by atoms with Crippen LogP contribution in [0.2, 0.25) is 0 Å². The third kappa shape index (κ3) is 3.56. The number of amides is 1. The molecule has 1 aromatic carbocycles. The molecule has 3 heterocycles. The van der Waals surface area contributed by atoms with Gasteiger partial charge in [0.05, 0.1) is 17.7 Å². The van der Waals surface area contributed by atoms with E-state index in [1.165, 1.54) is 5.69 Å². The van der Waals surface area contributed by atoms with Crippen molar-refractivity contribution in [2.45, 2.75) is 32.7 Å². The van der Waals surface area contributed by atoms with Gasteiger partial charge in [0.25, 0.3) is 5.91 Å². The molecule has 1 aliphatic heterocycles. The van der Waals surface area contributed by atoms with Crippen LogP contribution in [0.3, 0.4) is 0 Å². The Morgan fingerprint density at radius 3 is 2.68 bits per heavy atom. The number of para-hydroxylation sites is 1. The van der Waals surface area contributed by atoms with Crippen LogP contribution in [-0.2, 0) is 0 Å². The van der Waals surface area contributed by atoms with Gasteiger partial charge in [-0.15, -0.1) is 11.3 Å². The van der Waals surface area contributed by atoms with E-state index >= 15 is 0 Å². The monoisotopic (exact) mass is 395 g/mol. The number of fused-ring (bicyclic) bond motifs is 1. The maximum atomic E-state index is 12.4. The lowest BCUT2D eigenvalue weighted by atomic mass is 10.0. The van der Waals surface area contributed by atoms with Crippen LogP contribution in [-0.4, -0.2) is 37.1 Å². The number of anilines is 1. The van der Waals surface area contributed by atoms with Crippen molar-refractivity contribution in [2.24, 2.45) is 0 Å². The zero-order valence-electron chi connectivity index (χ0n) is 16.5. The van der Waals surface area contributed by atoms with Crippen molar-refractivity contribution in [1.82, 2.24) is 10.3 Å². The highest BCUT2D eigenvalue weighted by atomic mass is 32.1. The van der Waals surface area contributed by atoms with E-state index in [1.54, 1.807) is 18.4 Å². The number of carbonyl (C=O) groups is 1. The Morgan fingerprint density at radius 1 is 1.21 bits per heavy atom. The molecule has 1 saturated heterocycles. The van der Waals surface area contributed by atoms with Gasteiger partial charge in [-0.3, -0.25) is 9.78 Å². The number of thiophene rings is 1. The lowest BCUT2D eigenvalue weighted by Crippen LogP contribution is -2.44. The lowest BCUT2D eigenvalue weighted by Gasteiger charge is -2.35. The second-order valence-electron chi connectivity index (χ2n) is 7.29. The Labute approximate surface area is 169 Å². The molecule has 1 N–H and O–H groups in total. The van der Waals surface area contributed by atoms with E-state index in [0.717, 1.165) is 57.9 Å². The zero-order chi connectivity index (χ0) is 19.7. The summed E-state index contributed by atoms with van der Waals surface area (Å²) in [5.74, 6) is 0.846. The molecule has 0 unspecified atom stereocenters. The highest BCUT2D eigenvalue weighted by Crippen LogP contribution is 2.35. The molecule has 1 amide bonds. The van der Waals surface area contributed by atoms with Crippen molar-refractivity contribution >= 4 is 33.8 Å². The molecule has 2 aromatic heterocycles. The van der Waals surface area contributed by atoms with Crippen molar-refractivity contribution in [3.63, 3.8) is 0 Å². The molecule has 4 rings (SSSR count). The van der Waals surface area contributed by atoms with Gasteiger partial charge >= 0.3 is 0 Å². The Hall–Kier alpha value is -2.60. The molecule has 0 spiro atoms. The molecule has 0 saturated carbocycles. The fourth-order valence-corrected chi connectivity index (χ4v) is 4.70. The molecule has 5 nitrogen and oxygen atoms in total. The largest absolute Gasteiger partial charge is 0.494 e. The molecule has 0 atom stereocenters. The fourth-order valence-electron chi connectivity index (χ4n) is 3.93. The van der Waals surface area contributed by atoms with Gasteiger partial charge in [0, 0.05) is 35.6 Å². The number of aryl methyl sites for hydroxylation is 2. The van der Waals surface area contributed by atoms with Gasteiger partial charge in [0.2, 0.25) is 0 Å². The summed E-state index contributed by atoms with van der Waals surface area (Å²) < 4.78 is 5.49. The van der Waals surface area contributed by atoms with E-state index in [2.05, 4.69) is 28.2 Å². The predicted molar refractivity (Wildman–Crippen MR) is 115 cm³/mol. The molecule has 146 valence electrons. The van der Waals surface area contributed by atoms with E-state index in [0.29, 0.717) is 0 Å². The number of pyridine rings is 1. The summed E-state index contributed by atoms with van der Waals surface area (Å²) in [4.78, 5) is 21.4. The maximum Gasteiger partial charge on any atom is 0.261 e. The first kappa shape index (κ1) is 18.7. The van der Waals surface area contributed by atoms with Crippen LogP contribution >= 0.6 is 11.3 Å². The predicted octanol–water partition coefficient (Wildman–Crippen LogP) is 4.32. The van der Waals surface area contributed by atoms with Crippen LogP contribution in [0.1, 0.15) is 33.0 Å². The van der Waals surface area contributed by atoms with E-state index in [-0.39, 0.29) is 11.9 Å². The first-order valence-electron chi connectivity index (χ1n) is 9.61. The number of nitrogens with zero attached hydrogens (tertiary/aromatic N) is 2. The van der Waals surface area contributed by atoms with Gasteiger partial charge in [0.15, 0.2) is 0 Å². The Morgan fingerprint density at radius 2 is 2.00 bits per heavy atom. The summed E-state index contributed by atoms with van der Waals surface area (Å²) >= 11 is 1.55. The van der Waals surface area contributed by atoms with Crippen LogP contribution in [0.5, 0.6) is 5.75 Å². The number of piperidine rings is 1. The van der Waals surface area contributed by atoms with Crippen LogP contribution in [0.25, 0.3) is 10.9 Å². The van der Waals surface area contributed by atoms with E-state index in [1.807, 2.05) is 37.4 Å². The SMILES string of the molecule is COc1cccc2c(N3CCC(NC(=O)c4ccc(C)s4)CC3)c(C)cnc12. The summed E-state index contributed by atoms with van der Waals surface area (Å²) in [5, 5.41) is 4.32. The zero-order valence-corrected chi connectivity index (χ0v) is 17.3. The number of nitrogens with one attached hydrogen (secondary N) is 1. The topological polar surface area (TPSA) is 54.5 Å². The number of hydrogen-bond acceptors (Lipinski definition) is 5. The minimum atomic E-state index is 0.0480. The molecule has 0 bridgehead atoms. The number of aromatic nitrogens is 1. The van der Waals surface area contributed by atoms with Crippen molar-refractivity contribution in [3.05, 3.63) is 51.8 Å². The maximum absolute atomic E-state index is 12.4. The second kappa shape index (κ2) is 7.80. The van der Waals surface area contributed by atoms with Crippen molar-refractivity contribution in [2.75, 3.05) is 25.1 Å². The summed E-state index contributed by atoms with van der Waals surface area (Å²) in [7, 11) is 1.68. The quantitative estimate of drug-likeness (QED) is 0.715. The molecule has 0 aliphatic carbocycles. The number of ether oxygens (including phenoxy) is 1. The van der Waals surface area contributed by atoms with Gasteiger partial charge in [-0.1, -0.05) is 12.1 Å². The minimum absolute atomic E-state index is 0.0480. The van der Waals surface area contributed by atoms with E-state index < -0.39 is 0 Å². The smallest absolute Gasteiger partial charge is 0.261 e. The summed E-state index contributed by atoms with van der Waals surface area (Å²) in [6, 6.07) is 10.2. The normalized spacial score (nSPS) is 15.0. The first-order chi connectivity index (χ1) is 13.6. The van der Waals surface area contributed by atoms with Gasteiger partial charge in [-0.05, 0) is 50.5 Å². The van der Waals surface area contributed by atoms with Crippen LogP contribution in [0.4, 0.5) is 5.69 Å². The van der Waals surface area contributed by atoms with E-state index in [4.69, 9.17) is 4.74 Å². The number of benzene rings is 1. The third-order valence-electron chi connectivity index (χ3n) is 5.35. The number of hydrogen-bond donors (Lipinski definition) is 1. The Balaban J connectivity index is 1.49. The minimum Gasteiger partial charge on any atom is -0.494 e. The summed E-state index contributed by atoms with van der Waals surface area (Å²) in [6.07, 6.45) is 3.79. The second-order valence-corrected chi connectivity index (χ2v) is 8.58. The molecule has 1 fully saturated rings. The van der Waals surface area contributed by atoms with Crippen molar-refractivity contribution in [3.8, 4) is 5.75 Å². The standard InChI is InChI=1S/C22H25N3O2S/c1-14-13-23-20-17(5-4-6-18(20)27-3)21(14)25-11-9-16(10-12-25)24-22(26)19-8-7-15(2)28-19/h4-8,13,16H,9-12H2,1-3H3,(H,24,26). The number of carbonyl (C=O) groups excluding carboxylic acids is 1. The summed E-state index contributed by atoms with van der Waals surface area (Å²) in [6.45, 7) is 5.95. The third-order valence-corrected chi connectivity index (χ3v) is 6.34. The molecule has 3 aromatic rings. The number of methoxy groups -OCH3 is 1. The van der Waals surface area contributed by atoms with Crippen molar-refractivity contribution in [1.29, 1.82) is 0 Å². The Bertz CT molecular complexity index is 1010. The average molecular weight is 396 g/mol. The summed E-state index contributed by atoms with van der Waals surface area (Å²) in [5.41, 5.74) is 3.29. The van der Waals surface area contributed by atoms with E-state index in [9.17, 15) is 4.79 Å². The van der Waals surface area contributed by atoms with Crippen LogP contribution in [0.15, 0.2) is 36.5 Å². The van der Waals surface area contributed by atoms with Gasteiger partial charge in [-0.25, -0.2) is 0 Å². The molecule has 6 heteroatoms. The van der Waals surface area contributed by atoms with Gasteiger partial charge in [-0.2, -0.15) is 0 Å². The molecular weight excluding hydrogens is 370 g/mol. The Kier molecular flexibility index (Phi) is 5.22. The van der Waals surface area contributed by atoms with Crippen molar-refractivity contribution < 1.29 is 9.53 Å². The average Bonchev–Trinajstić information content (AvgIpc) is 3.14. The van der Waals surface area contributed by atoms with Crippen LogP contribution in [0, 0.1) is 13.8 Å².